The van der Waals surface area contributed by atoms with Gasteiger partial charge in [-0.25, -0.2) is 9.97 Å². The minimum absolute atomic E-state index is 0.0641. The smallest absolute Gasteiger partial charge is 0.160 e. The minimum Gasteiger partial charge on any atom is -0.395 e. The molecule has 0 saturated heterocycles. The van der Waals surface area contributed by atoms with Crippen LogP contribution in [-0.4, -0.2) is 26.2 Å². The summed E-state index contributed by atoms with van der Waals surface area (Å²) >= 11 is 5.91. The fraction of sp³-hybridized carbons (Fsp3) is 0.250. The molecule has 1 N–H and O–H groups in total. The number of hydrogen-bond donors (Lipinski definition) is 1. The Labute approximate surface area is 128 Å². The summed E-state index contributed by atoms with van der Waals surface area (Å²) in [6.45, 7) is 2.56. The van der Waals surface area contributed by atoms with Gasteiger partial charge < -0.3 is 9.67 Å². The summed E-state index contributed by atoms with van der Waals surface area (Å²) in [5, 5.41) is 10.0. The molecule has 1 aromatic carbocycles. The van der Waals surface area contributed by atoms with Crippen LogP contribution < -0.4 is 0 Å². The van der Waals surface area contributed by atoms with Crippen molar-refractivity contribution in [1.29, 1.82) is 0 Å². The van der Waals surface area contributed by atoms with Crippen LogP contribution in [-0.2, 0) is 13.0 Å². The highest BCUT2D eigenvalue weighted by Crippen LogP contribution is 2.19. The Morgan fingerprint density at radius 1 is 1.24 bits per heavy atom. The van der Waals surface area contributed by atoms with Gasteiger partial charge in [0.05, 0.1) is 6.61 Å². The standard InChI is InChI=1S/C16H16ClN3O/c1-11-8-14-16(18-10-11)20(6-7-21)15(19-14)9-12-2-4-13(17)5-3-12/h2-5,8,10,21H,6-7,9H2,1H3. The lowest BCUT2D eigenvalue weighted by molar-refractivity contribution is 0.276. The fourth-order valence-electron chi connectivity index (χ4n) is 2.41. The fourth-order valence-corrected chi connectivity index (χ4v) is 2.54. The van der Waals surface area contributed by atoms with Crippen molar-refractivity contribution in [3.8, 4) is 0 Å². The molecule has 0 aliphatic carbocycles. The van der Waals surface area contributed by atoms with Gasteiger partial charge in [-0.15, -0.1) is 0 Å². The van der Waals surface area contributed by atoms with Crippen LogP contribution in [0.25, 0.3) is 11.2 Å². The average Bonchev–Trinajstić information content (AvgIpc) is 2.79. The van der Waals surface area contributed by atoms with Gasteiger partial charge in [-0.1, -0.05) is 23.7 Å². The molecule has 2 aromatic heterocycles. The summed E-state index contributed by atoms with van der Waals surface area (Å²) < 4.78 is 1.98. The maximum absolute atomic E-state index is 9.29. The minimum atomic E-state index is 0.0641. The number of fused-ring (bicyclic) bond motifs is 1. The molecule has 0 aliphatic rings. The molecule has 5 heteroatoms. The molecule has 21 heavy (non-hydrogen) atoms. The van der Waals surface area contributed by atoms with E-state index in [1.807, 2.05) is 48.0 Å². The first-order valence-electron chi connectivity index (χ1n) is 6.84. The van der Waals surface area contributed by atoms with Crippen LogP contribution in [0.4, 0.5) is 0 Å². The SMILES string of the molecule is Cc1cnc2c(c1)nc(Cc1ccc(Cl)cc1)n2CCO. The molecule has 0 unspecified atom stereocenters. The molecule has 0 spiro atoms. The Balaban J connectivity index is 2.03. The van der Waals surface area contributed by atoms with Crippen molar-refractivity contribution < 1.29 is 5.11 Å². The van der Waals surface area contributed by atoms with E-state index in [1.54, 1.807) is 0 Å². The summed E-state index contributed by atoms with van der Waals surface area (Å²) in [4.78, 5) is 9.11. The van der Waals surface area contributed by atoms with Gasteiger partial charge in [0.25, 0.3) is 0 Å². The number of benzene rings is 1. The maximum Gasteiger partial charge on any atom is 0.160 e. The number of rotatable bonds is 4. The molecule has 3 rings (SSSR count). The van der Waals surface area contributed by atoms with E-state index in [1.165, 1.54) is 0 Å². The van der Waals surface area contributed by atoms with Crippen molar-refractivity contribution in [2.45, 2.75) is 19.9 Å². The number of imidazole rings is 1. The van der Waals surface area contributed by atoms with Gasteiger partial charge in [-0.2, -0.15) is 0 Å². The molecule has 0 fully saturated rings. The zero-order valence-corrected chi connectivity index (χ0v) is 12.5. The number of hydrogen-bond acceptors (Lipinski definition) is 3. The quantitative estimate of drug-likeness (QED) is 0.806. The van der Waals surface area contributed by atoms with Crippen molar-refractivity contribution in [3.63, 3.8) is 0 Å². The third-order valence-electron chi connectivity index (χ3n) is 3.40. The van der Waals surface area contributed by atoms with Gasteiger partial charge >= 0.3 is 0 Å². The highest BCUT2D eigenvalue weighted by molar-refractivity contribution is 6.30. The van der Waals surface area contributed by atoms with E-state index in [2.05, 4.69) is 9.97 Å². The van der Waals surface area contributed by atoms with Crippen molar-refractivity contribution >= 4 is 22.8 Å². The zero-order valence-electron chi connectivity index (χ0n) is 11.8. The molecule has 4 nitrogen and oxygen atoms in total. The lowest BCUT2D eigenvalue weighted by Crippen LogP contribution is -2.08. The summed E-state index contributed by atoms with van der Waals surface area (Å²) in [5.41, 5.74) is 3.89. The van der Waals surface area contributed by atoms with Gasteiger partial charge in [0.1, 0.15) is 11.3 Å². The number of aromatic nitrogens is 3. The van der Waals surface area contributed by atoms with Crippen molar-refractivity contribution in [1.82, 2.24) is 14.5 Å². The summed E-state index contributed by atoms with van der Waals surface area (Å²) in [5.74, 6) is 0.902. The van der Waals surface area contributed by atoms with Crippen LogP contribution in [0.1, 0.15) is 17.0 Å². The van der Waals surface area contributed by atoms with E-state index < -0.39 is 0 Å². The Kier molecular flexibility index (Phi) is 3.90. The van der Waals surface area contributed by atoms with E-state index in [4.69, 9.17) is 11.6 Å². The van der Waals surface area contributed by atoms with E-state index in [9.17, 15) is 5.11 Å². The van der Waals surface area contributed by atoms with Gasteiger partial charge in [-0.3, -0.25) is 0 Å². The number of halogens is 1. The van der Waals surface area contributed by atoms with E-state index in [0.29, 0.717) is 13.0 Å². The summed E-state index contributed by atoms with van der Waals surface area (Å²) in [7, 11) is 0. The third-order valence-corrected chi connectivity index (χ3v) is 3.65. The Hall–Kier alpha value is -1.91. The number of aliphatic hydroxyl groups excluding tert-OH is 1. The Bertz CT molecular complexity index is 765. The van der Waals surface area contributed by atoms with E-state index in [-0.39, 0.29) is 6.61 Å². The number of nitrogens with zero attached hydrogens (tertiary/aromatic N) is 3. The number of pyridine rings is 1. The average molecular weight is 302 g/mol. The van der Waals surface area contributed by atoms with Gasteiger partial charge in [0, 0.05) is 24.2 Å². The maximum atomic E-state index is 9.29. The summed E-state index contributed by atoms with van der Waals surface area (Å²) in [6.07, 6.45) is 2.51. The van der Waals surface area contributed by atoms with Gasteiger partial charge in [0.15, 0.2) is 5.65 Å². The second kappa shape index (κ2) is 5.84. The first kappa shape index (κ1) is 14.0. The zero-order chi connectivity index (χ0) is 14.8. The normalized spacial score (nSPS) is 11.2. The highest BCUT2D eigenvalue weighted by Gasteiger charge is 2.12. The predicted molar refractivity (Wildman–Crippen MR) is 83.6 cm³/mol. The van der Waals surface area contributed by atoms with Crippen LogP contribution in [0.2, 0.25) is 5.02 Å². The summed E-state index contributed by atoms with van der Waals surface area (Å²) in [6, 6.07) is 9.74. The first-order chi connectivity index (χ1) is 10.2. The second-order valence-electron chi connectivity index (χ2n) is 5.06. The molecular weight excluding hydrogens is 286 g/mol. The topological polar surface area (TPSA) is 50.9 Å². The van der Waals surface area contributed by atoms with Crippen molar-refractivity contribution in [2.75, 3.05) is 6.61 Å². The molecule has 0 saturated carbocycles. The highest BCUT2D eigenvalue weighted by atomic mass is 35.5. The Morgan fingerprint density at radius 2 is 2.00 bits per heavy atom. The molecule has 2 heterocycles. The third kappa shape index (κ3) is 2.91. The van der Waals surface area contributed by atoms with Crippen LogP contribution in [0.15, 0.2) is 36.5 Å². The lowest BCUT2D eigenvalue weighted by atomic mass is 10.1. The molecule has 108 valence electrons. The number of aryl methyl sites for hydroxylation is 1. The predicted octanol–water partition coefficient (Wildman–Crippen LogP) is 2.98. The van der Waals surface area contributed by atoms with E-state index >= 15 is 0 Å². The molecule has 0 bridgehead atoms. The Morgan fingerprint density at radius 3 is 2.71 bits per heavy atom. The molecule has 0 atom stereocenters. The monoisotopic (exact) mass is 301 g/mol. The van der Waals surface area contributed by atoms with Crippen molar-refractivity contribution in [2.24, 2.45) is 0 Å². The van der Waals surface area contributed by atoms with Crippen LogP contribution in [0, 0.1) is 6.92 Å². The van der Waals surface area contributed by atoms with Gasteiger partial charge in [0.2, 0.25) is 0 Å². The van der Waals surface area contributed by atoms with Crippen LogP contribution in [0.3, 0.4) is 0 Å². The first-order valence-corrected chi connectivity index (χ1v) is 7.22. The second-order valence-corrected chi connectivity index (χ2v) is 5.50. The largest absolute Gasteiger partial charge is 0.395 e. The van der Waals surface area contributed by atoms with E-state index in [0.717, 1.165) is 33.1 Å². The van der Waals surface area contributed by atoms with Crippen LogP contribution >= 0.6 is 11.6 Å². The van der Waals surface area contributed by atoms with Crippen LogP contribution in [0.5, 0.6) is 0 Å². The lowest BCUT2D eigenvalue weighted by Gasteiger charge is -2.07. The number of aliphatic hydroxyl groups is 1. The molecule has 3 aromatic rings. The molecular formula is C16H16ClN3O. The van der Waals surface area contributed by atoms with Gasteiger partial charge in [-0.05, 0) is 36.2 Å². The molecule has 0 radical (unpaired) electrons. The molecule has 0 amide bonds. The van der Waals surface area contributed by atoms with Crippen molar-refractivity contribution in [3.05, 3.63) is 58.5 Å². The molecule has 0 aliphatic heterocycles.